The molecule has 1 atom stereocenters. The Hall–Kier alpha value is -1.20. The minimum Gasteiger partial charge on any atom is -0.473 e. The fourth-order valence-electron chi connectivity index (χ4n) is 3.13. The van der Waals surface area contributed by atoms with Crippen molar-refractivity contribution in [3.05, 3.63) is 17.1 Å². The summed E-state index contributed by atoms with van der Waals surface area (Å²) < 4.78 is 11.9. The number of aromatic nitrogens is 2. The number of hydrogen-bond acceptors (Lipinski definition) is 5. The summed E-state index contributed by atoms with van der Waals surface area (Å²) in [4.78, 5) is 9.57. The van der Waals surface area contributed by atoms with Crippen LogP contribution in [0.15, 0.2) is 0 Å². The van der Waals surface area contributed by atoms with Gasteiger partial charge in [0.1, 0.15) is 11.9 Å². The molecule has 21 heavy (non-hydrogen) atoms. The maximum Gasteiger partial charge on any atom is 0.220 e. The maximum absolute atomic E-state index is 6.26. The van der Waals surface area contributed by atoms with E-state index in [2.05, 4.69) is 5.32 Å². The number of nitrogens with one attached hydrogen (secondary N) is 1. The monoisotopic (exact) mass is 289 g/mol. The summed E-state index contributed by atoms with van der Waals surface area (Å²) in [5.41, 5.74) is 2.34. The molecule has 1 saturated heterocycles. The van der Waals surface area contributed by atoms with Crippen molar-refractivity contribution in [2.75, 3.05) is 26.3 Å². The first-order chi connectivity index (χ1) is 10.4. The second-order valence-corrected chi connectivity index (χ2v) is 6.29. The summed E-state index contributed by atoms with van der Waals surface area (Å²) in [5.74, 6) is 2.39. The van der Waals surface area contributed by atoms with Gasteiger partial charge in [-0.3, -0.25) is 0 Å². The molecule has 2 fully saturated rings. The van der Waals surface area contributed by atoms with Crippen LogP contribution in [0, 0.1) is 0 Å². The van der Waals surface area contributed by atoms with Gasteiger partial charge in [-0.15, -0.1) is 0 Å². The minimum atomic E-state index is 0.244. The van der Waals surface area contributed by atoms with Crippen molar-refractivity contribution < 1.29 is 9.47 Å². The first-order valence-corrected chi connectivity index (χ1v) is 8.25. The SMILES string of the molecule is C1CNC[C@@H](Oc2nc(C3CC3)nc3c2CCOCC3)C1. The minimum absolute atomic E-state index is 0.244. The molecule has 3 aliphatic rings. The molecule has 4 rings (SSSR count). The van der Waals surface area contributed by atoms with E-state index in [0.717, 1.165) is 63.0 Å². The Bertz CT molecular complexity index is 510. The Balaban J connectivity index is 1.64. The van der Waals surface area contributed by atoms with Gasteiger partial charge in [0, 0.05) is 30.9 Å². The summed E-state index contributed by atoms with van der Waals surface area (Å²) in [6.07, 6.45) is 6.73. The second kappa shape index (κ2) is 5.89. The molecule has 2 aliphatic heterocycles. The first-order valence-electron chi connectivity index (χ1n) is 8.25. The largest absolute Gasteiger partial charge is 0.473 e. The molecule has 0 aromatic carbocycles. The Morgan fingerprint density at radius 3 is 2.81 bits per heavy atom. The van der Waals surface area contributed by atoms with Crippen LogP contribution >= 0.6 is 0 Å². The van der Waals surface area contributed by atoms with Crippen molar-refractivity contribution in [1.82, 2.24) is 15.3 Å². The highest BCUT2D eigenvalue weighted by Gasteiger charge is 2.30. The normalized spacial score (nSPS) is 26.0. The molecule has 1 N–H and O–H groups in total. The second-order valence-electron chi connectivity index (χ2n) is 6.29. The molecular weight excluding hydrogens is 266 g/mol. The van der Waals surface area contributed by atoms with Crippen molar-refractivity contribution in [3.63, 3.8) is 0 Å². The molecule has 5 nitrogen and oxygen atoms in total. The topological polar surface area (TPSA) is 56.3 Å². The predicted molar refractivity (Wildman–Crippen MR) is 78.8 cm³/mol. The lowest BCUT2D eigenvalue weighted by Gasteiger charge is -2.25. The lowest BCUT2D eigenvalue weighted by molar-refractivity contribution is 0.143. The first kappa shape index (κ1) is 13.5. The van der Waals surface area contributed by atoms with E-state index in [9.17, 15) is 0 Å². The van der Waals surface area contributed by atoms with Gasteiger partial charge in [0.15, 0.2) is 0 Å². The summed E-state index contributed by atoms with van der Waals surface area (Å²) in [6.45, 7) is 3.54. The molecule has 1 aromatic heterocycles. The van der Waals surface area contributed by atoms with E-state index < -0.39 is 0 Å². The molecule has 1 aromatic rings. The van der Waals surface area contributed by atoms with Gasteiger partial charge in [0.2, 0.25) is 5.88 Å². The molecule has 0 spiro atoms. The van der Waals surface area contributed by atoms with Crippen LogP contribution in [-0.2, 0) is 17.6 Å². The summed E-state index contributed by atoms with van der Waals surface area (Å²) in [6, 6.07) is 0. The Labute approximate surface area is 125 Å². The van der Waals surface area contributed by atoms with Gasteiger partial charge in [0.25, 0.3) is 0 Å². The van der Waals surface area contributed by atoms with Gasteiger partial charge in [0.05, 0.1) is 18.9 Å². The summed E-state index contributed by atoms with van der Waals surface area (Å²) in [5, 5.41) is 3.40. The number of hydrogen-bond donors (Lipinski definition) is 1. The van der Waals surface area contributed by atoms with Crippen LogP contribution in [0.3, 0.4) is 0 Å². The van der Waals surface area contributed by atoms with Gasteiger partial charge in [-0.2, -0.15) is 4.98 Å². The molecule has 114 valence electrons. The van der Waals surface area contributed by atoms with E-state index in [1.807, 2.05) is 0 Å². The molecule has 0 bridgehead atoms. The van der Waals surface area contributed by atoms with Crippen LogP contribution in [0.4, 0.5) is 0 Å². The molecule has 3 heterocycles. The van der Waals surface area contributed by atoms with Crippen LogP contribution in [0.5, 0.6) is 5.88 Å². The quantitative estimate of drug-likeness (QED) is 0.916. The van der Waals surface area contributed by atoms with Crippen molar-refractivity contribution in [1.29, 1.82) is 0 Å². The molecule has 0 amide bonds. The van der Waals surface area contributed by atoms with Crippen LogP contribution in [0.1, 0.15) is 48.7 Å². The van der Waals surface area contributed by atoms with Crippen molar-refractivity contribution in [2.24, 2.45) is 0 Å². The number of fused-ring (bicyclic) bond motifs is 1. The van der Waals surface area contributed by atoms with Crippen LogP contribution < -0.4 is 10.1 Å². The number of rotatable bonds is 3. The van der Waals surface area contributed by atoms with E-state index in [1.54, 1.807) is 0 Å². The van der Waals surface area contributed by atoms with Gasteiger partial charge in [-0.1, -0.05) is 0 Å². The zero-order valence-electron chi connectivity index (χ0n) is 12.4. The van der Waals surface area contributed by atoms with Gasteiger partial charge >= 0.3 is 0 Å². The van der Waals surface area contributed by atoms with Crippen molar-refractivity contribution >= 4 is 0 Å². The Morgan fingerprint density at radius 2 is 2.00 bits per heavy atom. The third-order valence-electron chi connectivity index (χ3n) is 4.52. The van der Waals surface area contributed by atoms with E-state index in [-0.39, 0.29) is 6.10 Å². The average Bonchev–Trinajstić information content (AvgIpc) is 3.35. The fourth-order valence-corrected chi connectivity index (χ4v) is 3.13. The molecule has 0 radical (unpaired) electrons. The van der Waals surface area contributed by atoms with E-state index in [1.165, 1.54) is 24.8 Å². The Morgan fingerprint density at radius 1 is 1.10 bits per heavy atom. The molecule has 1 saturated carbocycles. The van der Waals surface area contributed by atoms with E-state index >= 15 is 0 Å². The van der Waals surface area contributed by atoms with Gasteiger partial charge in [-0.05, 0) is 32.2 Å². The highest BCUT2D eigenvalue weighted by molar-refractivity contribution is 5.34. The van der Waals surface area contributed by atoms with E-state index in [4.69, 9.17) is 19.4 Å². The smallest absolute Gasteiger partial charge is 0.220 e. The van der Waals surface area contributed by atoms with Gasteiger partial charge in [-0.25, -0.2) is 4.98 Å². The molecule has 0 unspecified atom stereocenters. The van der Waals surface area contributed by atoms with Crippen molar-refractivity contribution in [2.45, 2.75) is 50.5 Å². The van der Waals surface area contributed by atoms with Crippen LogP contribution in [0.25, 0.3) is 0 Å². The van der Waals surface area contributed by atoms with Gasteiger partial charge < -0.3 is 14.8 Å². The number of piperidine rings is 1. The van der Waals surface area contributed by atoms with E-state index in [0.29, 0.717) is 5.92 Å². The third kappa shape index (κ3) is 3.04. The summed E-state index contributed by atoms with van der Waals surface area (Å²) >= 11 is 0. The summed E-state index contributed by atoms with van der Waals surface area (Å²) in [7, 11) is 0. The highest BCUT2D eigenvalue weighted by Crippen LogP contribution is 2.39. The van der Waals surface area contributed by atoms with Crippen molar-refractivity contribution in [3.8, 4) is 5.88 Å². The number of nitrogens with zero attached hydrogens (tertiary/aromatic N) is 2. The zero-order valence-corrected chi connectivity index (χ0v) is 12.4. The molecule has 1 aliphatic carbocycles. The lowest BCUT2D eigenvalue weighted by Crippen LogP contribution is -2.37. The highest BCUT2D eigenvalue weighted by atomic mass is 16.5. The number of ether oxygens (including phenoxy) is 2. The van der Waals surface area contributed by atoms with Crippen LogP contribution in [-0.4, -0.2) is 42.4 Å². The van der Waals surface area contributed by atoms with Crippen LogP contribution in [0.2, 0.25) is 0 Å². The standard InChI is InChI=1S/C16H23N3O2/c1-2-12(10-17-7-1)21-16-13-5-8-20-9-6-14(13)18-15(19-16)11-3-4-11/h11-12,17H,1-10H2/t12-/m0/s1. The third-order valence-corrected chi connectivity index (χ3v) is 4.52. The predicted octanol–water partition coefficient (Wildman–Crippen LogP) is 1.60. The lowest BCUT2D eigenvalue weighted by atomic mass is 10.1. The average molecular weight is 289 g/mol. The zero-order chi connectivity index (χ0) is 14.1. The Kier molecular flexibility index (Phi) is 3.78. The fraction of sp³-hybridized carbons (Fsp3) is 0.750. The molecule has 5 heteroatoms. The maximum atomic E-state index is 6.26. The molecular formula is C16H23N3O2.